The van der Waals surface area contributed by atoms with Gasteiger partial charge in [0.15, 0.2) is 0 Å². The second-order valence-electron chi connectivity index (χ2n) is 4.70. The van der Waals surface area contributed by atoms with Gasteiger partial charge in [-0.25, -0.2) is 5.43 Å². The number of hydrazone groups is 1. The fourth-order valence-corrected chi connectivity index (χ4v) is 2.01. The summed E-state index contributed by atoms with van der Waals surface area (Å²) < 4.78 is 0. The number of amides is 1. The molecule has 2 N–H and O–H groups in total. The van der Waals surface area contributed by atoms with Gasteiger partial charge in [0.2, 0.25) is 0 Å². The van der Waals surface area contributed by atoms with Crippen molar-refractivity contribution in [3.05, 3.63) is 45.8 Å². The van der Waals surface area contributed by atoms with E-state index >= 15 is 0 Å². The van der Waals surface area contributed by atoms with E-state index in [1.54, 1.807) is 0 Å². The molecule has 126 valence electrons. The molecule has 0 spiro atoms. The number of aromatic nitrogens is 3. The van der Waals surface area contributed by atoms with Gasteiger partial charge < -0.3 is 15.0 Å². The lowest BCUT2D eigenvalue weighted by Crippen LogP contribution is -2.21. The Kier molecular flexibility index (Phi) is 5.55. The Bertz CT molecular complexity index is 735. The Balaban J connectivity index is 1.95. The van der Waals surface area contributed by atoms with E-state index in [0.717, 1.165) is 24.3 Å². The highest BCUT2D eigenvalue weighted by Gasteiger charge is 2.20. The summed E-state index contributed by atoms with van der Waals surface area (Å²) in [6.45, 7) is 6.01. The summed E-state index contributed by atoms with van der Waals surface area (Å²) >= 11 is 0. The van der Waals surface area contributed by atoms with Crippen molar-refractivity contribution in [2.24, 2.45) is 5.10 Å². The van der Waals surface area contributed by atoms with Crippen LogP contribution >= 0.6 is 0 Å². The topological polar surface area (TPSA) is 129 Å². The number of nitrogens with zero attached hydrogens (tertiary/aromatic N) is 5. The highest BCUT2D eigenvalue weighted by atomic mass is 16.6. The smallest absolute Gasteiger partial charge is 0.390 e. The second-order valence-corrected chi connectivity index (χ2v) is 4.70. The molecular weight excluding hydrogens is 314 g/mol. The fraction of sp³-hybridized carbons (Fsp3) is 0.286. The van der Waals surface area contributed by atoms with Crippen LogP contribution in [0.15, 0.2) is 29.4 Å². The number of rotatable bonds is 7. The molecule has 24 heavy (non-hydrogen) atoms. The average Bonchev–Trinajstić information content (AvgIpc) is 3.08. The quantitative estimate of drug-likeness (QED) is 0.447. The van der Waals surface area contributed by atoms with Crippen LogP contribution in [0.1, 0.15) is 30.0 Å². The third-order valence-electron chi connectivity index (χ3n) is 3.25. The van der Waals surface area contributed by atoms with E-state index in [4.69, 9.17) is 0 Å². The molecule has 0 saturated carbocycles. The van der Waals surface area contributed by atoms with Gasteiger partial charge in [-0.3, -0.25) is 4.79 Å². The van der Waals surface area contributed by atoms with E-state index < -0.39 is 16.8 Å². The summed E-state index contributed by atoms with van der Waals surface area (Å²) in [6, 6.07) is 7.69. The molecule has 1 heterocycles. The van der Waals surface area contributed by atoms with Crippen LogP contribution in [-0.4, -0.2) is 45.3 Å². The molecule has 0 aliphatic heterocycles. The van der Waals surface area contributed by atoms with Crippen LogP contribution in [0.4, 0.5) is 11.6 Å². The highest BCUT2D eigenvalue weighted by molar-refractivity contribution is 5.91. The Hall–Kier alpha value is -3.30. The van der Waals surface area contributed by atoms with Crippen molar-refractivity contribution in [2.45, 2.75) is 13.8 Å². The van der Waals surface area contributed by atoms with Crippen LogP contribution < -0.4 is 10.3 Å². The summed E-state index contributed by atoms with van der Waals surface area (Å²) in [5.41, 5.74) is 4.12. The van der Waals surface area contributed by atoms with Crippen LogP contribution in [0.5, 0.6) is 0 Å². The molecule has 0 fully saturated rings. The maximum absolute atomic E-state index is 11.7. The zero-order valence-electron chi connectivity index (χ0n) is 13.3. The monoisotopic (exact) mass is 331 g/mol. The molecule has 0 unspecified atom stereocenters. The molecular formula is C14H17N7O3. The largest absolute Gasteiger partial charge is 0.454 e. The Morgan fingerprint density at radius 1 is 1.38 bits per heavy atom. The lowest BCUT2D eigenvalue weighted by molar-refractivity contribution is -0.394. The van der Waals surface area contributed by atoms with Crippen molar-refractivity contribution >= 4 is 23.8 Å². The summed E-state index contributed by atoms with van der Waals surface area (Å²) in [5.74, 6) is -1.69. The first-order chi connectivity index (χ1) is 11.5. The lowest BCUT2D eigenvalue weighted by atomic mass is 10.2. The minimum atomic E-state index is -0.773. The van der Waals surface area contributed by atoms with Gasteiger partial charge in [-0.15, -0.1) is 5.10 Å². The highest BCUT2D eigenvalue weighted by Crippen LogP contribution is 2.13. The number of nitro groups is 1. The van der Waals surface area contributed by atoms with Crippen LogP contribution in [-0.2, 0) is 0 Å². The van der Waals surface area contributed by atoms with Gasteiger partial charge in [0, 0.05) is 18.8 Å². The first-order valence-corrected chi connectivity index (χ1v) is 7.30. The molecule has 0 radical (unpaired) electrons. The zero-order chi connectivity index (χ0) is 17.5. The molecule has 0 aliphatic carbocycles. The molecule has 1 amide bonds. The van der Waals surface area contributed by atoms with Gasteiger partial charge >= 0.3 is 17.7 Å². The molecule has 1 aromatic carbocycles. The van der Waals surface area contributed by atoms with Gasteiger partial charge in [-0.2, -0.15) is 5.10 Å². The SMILES string of the molecule is CCN(CC)c1ccc(/C=N\NC(=O)c2n[nH]c([N+](=O)[O-])n2)cc1. The second kappa shape index (κ2) is 7.81. The van der Waals surface area contributed by atoms with Crippen LogP contribution in [0.25, 0.3) is 0 Å². The predicted molar refractivity (Wildman–Crippen MR) is 88.1 cm³/mol. The van der Waals surface area contributed by atoms with E-state index in [0.29, 0.717) is 0 Å². The zero-order valence-corrected chi connectivity index (χ0v) is 13.3. The summed E-state index contributed by atoms with van der Waals surface area (Å²) in [5, 5.41) is 19.7. The average molecular weight is 331 g/mol. The summed E-state index contributed by atoms with van der Waals surface area (Å²) in [4.78, 5) is 27.0. The molecule has 0 bridgehead atoms. The van der Waals surface area contributed by atoms with Crippen molar-refractivity contribution in [2.75, 3.05) is 18.0 Å². The number of benzene rings is 1. The molecule has 2 aromatic rings. The van der Waals surface area contributed by atoms with Gasteiger partial charge in [-0.05, 0) is 41.5 Å². The third-order valence-corrected chi connectivity index (χ3v) is 3.25. The van der Waals surface area contributed by atoms with E-state index in [2.05, 4.69) is 39.4 Å². The number of carbonyl (C=O) groups is 1. The van der Waals surface area contributed by atoms with Crippen molar-refractivity contribution in [1.82, 2.24) is 20.6 Å². The van der Waals surface area contributed by atoms with E-state index in [9.17, 15) is 14.9 Å². The molecule has 0 atom stereocenters. The van der Waals surface area contributed by atoms with Gasteiger partial charge in [0.1, 0.15) is 0 Å². The number of aromatic amines is 1. The van der Waals surface area contributed by atoms with Crippen molar-refractivity contribution in [3.63, 3.8) is 0 Å². The molecule has 0 aliphatic rings. The fourth-order valence-electron chi connectivity index (χ4n) is 2.01. The van der Waals surface area contributed by atoms with E-state index in [1.165, 1.54) is 6.21 Å². The van der Waals surface area contributed by atoms with Crippen LogP contribution in [0, 0.1) is 10.1 Å². The Morgan fingerprint density at radius 3 is 2.58 bits per heavy atom. The molecule has 1 aromatic heterocycles. The van der Waals surface area contributed by atoms with Crippen LogP contribution in [0.3, 0.4) is 0 Å². The number of hydrogen-bond donors (Lipinski definition) is 2. The first kappa shape index (κ1) is 17.1. The number of carbonyl (C=O) groups excluding carboxylic acids is 1. The van der Waals surface area contributed by atoms with Gasteiger partial charge in [-0.1, -0.05) is 17.2 Å². The van der Waals surface area contributed by atoms with Gasteiger partial charge in [0.05, 0.1) is 6.21 Å². The Labute approximate surface area is 137 Å². The van der Waals surface area contributed by atoms with E-state index in [-0.39, 0.29) is 5.82 Å². The Morgan fingerprint density at radius 2 is 2.04 bits per heavy atom. The molecule has 2 rings (SSSR count). The maximum atomic E-state index is 11.7. The number of hydrogen-bond acceptors (Lipinski definition) is 7. The van der Waals surface area contributed by atoms with Crippen molar-refractivity contribution in [1.29, 1.82) is 0 Å². The first-order valence-electron chi connectivity index (χ1n) is 7.30. The number of nitrogens with one attached hydrogen (secondary N) is 2. The van der Waals surface area contributed by atoms with E-state index in [1.807, 2.05) is 29.4 Å². The maximum Gasteiger partial charge on any atom is 0.454 e. The normalized spacial score (nSPS) is 10.8. The van der Waals surface area contributed by atoms with Crippen molar-refractivity contribution in [3.8, 4) is 0 Å². The molecule has 10 heteroatoms. The summed E-state index contributed by atoms with van der Waals surface area (Å²) in [6.07, 6.45) is 1.46. The number of anilines is 1. The lowest BCUT2D eigenvalue weighted by Gasteiger charge is -2.20. The number of H-pyrrole nitrogens is 1. The van der Waals surface area contributed by atoms with Crippen molar-refractivity contribution < 1.29 is 9.72 Å². The predicted octanol–water partition coefficient (Wildman–Crippen LogP) is 1.32. The minimum absolute atomic E-state index is 0.351. The minimum Gasteiger partial charge on any atom is -0.390 e. The standard InChI is InChI=1S/C14H17N7O3/c1-3-20(4-2)11-7-5-10(6-8-11)9-15-18-13(22)12-16-14(19-17-12)21(23)24/h5-9H,3-4H2,1-2H3,(H,18,22)(H,16,17,19)/b15-9-. The van der Waals surface area contributed by atoms with Crippen LogP contribution in [0.2, 0.25) is 0 Å². The molecule has 0 saturated heterocycles. The van der Waals surface area contributed by atoms with Gasteiger partial charge in [0.25, 0.3) is 0 Å². The molecule has 10 nitrogen and oxygen atoms in total. The third kappa shape index (κ3) is 4.12. The summed E-state index contributed by atoms with van der Waals surface area (Å²) in [7, 11) is 0.